The molecular formula is C21H23N3O4S2. The molecule has 0 saturated carbocycles. The van der Waals surface area contributed by atoms with Gasteiger partial charge < -0.3 is 10.1 Å². The van der Waals surface area contributed by atoms with Crippen molar-refractivity contribution >= 4 is 38.1 Å². The predicted molar refractivity (Wildman–Crippen MR) is 119 cm³/mol. The van der Waals surface area contributed by atoms with Crippen LogP contribution in [0.3, 0.4) is 0 Å². The van der Waals surface area contributed by atoms with Crippen molar-refractivity contribution in [1.82, 2.24) is 4.98 Å². The number of nitrogens with zero attached hydrogens (tertiary/aromatic N) is 1. The number of sulfonamides is 1. The van der Waals surface area contributed by atoms with Crippen LogP contribution in [0.25, 0.3) is 0 Å². The van der Waals surface area contributed by atoms with E-state index in [1.165, 1.54) is 41.8 Å². The molecular weight excluding hydrogens is 422 g/mol. The third kappa shape index (κ3) is 5.58. The molecule has 0 radical (unpaired) electrons. The van der Waals surface area contributed by atoms with Crippen molar-refractivity contribution in [3.8, 4) is 5.75 Å². The highest BCUT2D eigenvalue weighted by Gasteiger charge is 2.16. The van der Waals surface area contributed by atoms with Gasteiger partial charge in [0.05, 0.1) is 4.90 Å². The van der Waals surface area contributed by atoms with Gasteiger partial charge in [0.25, 0.3) is 15.9 Å². The van der Waals surface area contributed by atoms with E-state index in [0.717, 1.165) is 12.0 Å². The first-order valence-corrected chi connectivity index (χ1v) is 11.8. The van der Waals surface area contributed by atoms with Crippen molar-refractivity contribution in [2.75, 3.05) is 16.6 Å². The number of hydrogen-bond acceptors (Lipinski definition) is 6. The second-order valence-electron chi connectivity index (χ2n) is 6.65. The first kappa shape index (κ1) is 21.8. The number of nitrogens with one attached hydrogen (secondary N) is 2. The van der Waals surface area contributed by atoms with E-state index in [1.807, 2.05) is 24.3 Å². The molecule has 1 amide bonds. The van der Waals surface area contributed by atoms with E-state index in [1.54, 1.807) is 5.38 Å². The lowest BCUT2D eigenvalue weighted by Gasteiger charge is -2.15. The zero-order chi connectivity index (χ0) is 21.6. The Kier molecular flexibility index (Phi) is 7.07. The lowest BCUT2D eigenvalue weighted by atomic mass is 9.98. The summed E-state index contributed by atoms with van der Waals surface area (Å²) < 4.78 is 32.8. The number of aromatic nitrogens is 1. The van der Waals surface area contributed by atoms with Crippen LogP contribution in [0.1, 0.15) is 31.7 Å². The molecule has 7 nitrogen and oxygen atoms in total. The van der Waals surface area contributed by atoms with Crippen LogP contribution in [0.2, 0.25) is 0 Å². The van der Waals surface area contributed by atoms with Crippen LogP contribution in [-0.2, 0) is 14.8 Å². The zero-order valence-corrected chi connectivity index (χ0v) is 18.3. The molecule has 2 aromatic carbocycles. The smallest absolute Gasteiger partial charge is 0.263 e. The van der Waals surface area contributed by atoms with Crippen LogP contribution in [-0.4, -0.2) is 25.9 Å². The Hall–Kier alpha value is -2.91. The number of amides is 1. The zero-order valence-electron chi connectivity index (χ0n) is 16.7. The second-order valence-corrected chi connectivity index (χ2v) is 9.23. The van der Waals surface area contributed by atoms with Gasteiger partial charge in [-0.2, -0.15) is 0 Å². The fraction of sp³-hybridized carbons (Fsp3) is 0.238. The molecule has 0 saturated heterocycles. The Morgan fingerprint density at radius 1 is 1.17 bits per heavy atom. The van der Waals surface area contributed by atoms with Gasteiger partial charge in [0.15, 0.2) is 11.7 Å². The Bertz CT molecular complexity index is 1080. The third-order valence-electron chi connectivity index (χ3n) is 4.52. The lowest BCUT2D eigenvalue weighted by molar-refractivity contribution is -0.118. The quantitative estimate of drug-likeness (QED) is 0.506. The minimum Gasteiger partial charge on any atom is -0.483 e. The normalized spacial score (nSPS) is 12.2. The number of thiazole rings is 1. The maximum absolute atomic E-state index is 12.4. The Balaban J connectivity index is 1.59. The number of hydrogen-bond donors (Lipinski definition) is 2. The number of ether oxygens (including phenoxy) is 1. The van der Waals surface area contributed by atoms with Crippen molar-refractivity contribution < 1.29 is 17.9 Å². The van der Waals surface area contributed by atoms with Crippen LogP contribution in [0.5, 0.6) is 5.75 Å². The summed E-state index contributed by atoms with van der Waals surface area (Å²) in [6, 6.07) is 13.6. The summed E-state index contributed by atoms with van der Waals surface area (Å²) in [5.74, 6) is 0.693. The fourth-order valence-electron chi connectivity index (χ4n) is 2.74. The van der Waals surface area contributed by atoms with Gasteiger partial charge in [0.1, 0.15) is 5.75 Å². The van der Waals surface area contributed by atoms with Gasteiger partial charge in [-0.05, 0) is 48.2 Å². The van der Waals surface area contributed by atoms with Crippen molar-refractivity contribution in [3.63, 3.8) is 0 Å². The predicted octanol–water partition coefficient (Wildman–Crippen LogP) is 4.47. The Morgan fingerprint density at radius 3 is 2.57 bits per heavy atom. The van der Waals surface area contributed by atoms with Gasteiger partial charge in [-0.25, -0.2) is 13.4 Å². The molecule has 0 aliphatic heterocycles. The van der Waals surface area contributed by atoms with Crippen LogP contribution in [0, 0.1) is 0 Å². The van der Waals surface area contributed by atoms with Gasteiger partial charge in [-0.1, -0.05) is 32.0 Å². The maximum Gasteiger partial charge on any atom is 0.263 e. The number of para-hydroxylation sites is 1. The van der Waals surface area contributed by atoms with E-state index >= 15 is 0 Å². The molecule has 0 aliphatic carbocycles. The molecule has 1 aromatic heterocycles. The monoisotopic (exact) mass is 445 g/mol. The Morgan fingerprint density at radius 2 is 1.90 bits per heavy atom. The molecule has 3 aromatic rings. The summed E-state index contributed by atoms with van der Waals surface area (Å²) in [7, 11) is -3.73. The Labute approximate surface area is 180 Å². The van der Waals surface area contributed by atoms with E-state index in [0.29, 0.717) is 22.5 Å². The molecule has 0 fully saturated rings. The summed E-state index contributed by atoms with van der Waals surface area (Å²) in [5.41, 5.74) is 1.54. The van der Waals surface area contributed by atoms with Gasteiger partial charge in [-0.15, -0.1) is 11.3 Å². The molecule has 1 unspecified atom stereocenters. The van der Waals surface area contributed by atoms with E-state index in [2.05, 4.69) is 28.9 Å². The number of rotatable bonds is 9. The first-order chi connectivity index (χ1) is 14.4. The summed E-state index contributed by atoms with van der Waals surface area (Å²) >= 11 is 1.19. The minimum absolute atomic E-state index is 0.0782. The second kappa shape index (κ2) is 9.73. The highest BCUT2D eigenvalue weighted by Crippen LogP contribution is 2.28. The van der Waals surface area contributed by atoms with Gasteiger partial charge >= 0.3 is 0 Å². The SMILES string of the molecule is CCC(C)c1ccccc1OCC(=O)Nc1ccc(S(=O)(=O)Nc2nccs2)cc1. The molecule has 9 heteroatoms. The molecule has 0 bridgehead atoms. The van der Waals surface area contributed by atoms with Crippen LogP contribution >= 0.6 is 11.3 Å². The molecule has 1 atom stereocenters. The summed E-state index contributed by atoms with van der Waals surface area (Å²) in [4.78, 5) is 16.2. The molecule has 30 heavy (non-hydrogen) atoms. The van der Waals surface area contributed by atoms with Gasteiger partial charge in [0.2, 0.25) is 0 Å². The lowest BCUT2D eigenvalue weighted by Crippen LogP contribution is -2.20. The average Bonchev–Trinajstić information content (AvgIpc) is 3.24. The highest BCUT2D eigenvalue weighted by atomic mass is 32.2. The van der Waals surface area contributed by atoms with Gasteiger partial charge in [-0.3, -0.25) is 9.52 Å². The number of benzene rings is 2. The van der Waals surface area contributed by atoms with Crippen molar-refractivity contribution in [2.24, 2.45) is 0 Å². The van der Waals surface area contributed by atoms with Crippen molar-refractivity contribution in [3.05, 3.63) is 65.7 Å². The molecule has 0 aliphatic rings. The molecule has 0 spiro atoms. The first-order valence-electron chi connectivity index (χ1n) is 9.43. The van der Waals surface area contributed by atoms with E-state index in [9.17, 15) is 13.2 Å². The van der Waals surface area contributed by atoms with E-state index in [4.69, 9.17) is 4.74 Å². The number of carbonyl (C=O) groups excluding carboxylic acids is 1. The number of anilines is 2. The third-order valence-corrected chi connectivity index (χ3v) is 6.70. The minimum atomic E-state index is -3.73. The largest absolute Gasteiger partial charge is 0.483 e. The molecule has 158 valence electrons. The highest BCUT2D eigenvalue weighted by molar-refractivity contribution is 7.93. The number of carbonyl (C=O) groups is 1. The van der Waals surface area contributed by atoms with E-state index < -0.39 is 10.0 Å². The average molecular weight is 446 g/mol. The summed E-state index contributed by atoms with van der Waals surface area (Å²) in [6.45, 7) is 4.07. The summed E-state index contributed by atoms with van der Waals surface area (Å²) in [5, 5.41) is 4.68. The molecule has 1 heterocycles. The van der Waals surface area contributed by atoms with Crippen LogP contribution in [0.4, 0.5) is 10.8 Å². The maximum atomic E-state index is 12.4. The topological polar surface area (TPSA) is 97.4 Å². The molecule has 3 rings (SSSR count). The summed E-state index contributed by atoms with van der Waals surface area (Å²) in [6.07, 6.45) is 2.49. The fourth-order valence-corrected chi connectivity index (χ4v) is 4.53. The van der Waals surface area contributed by atoms with Crippen LogP contribution < -0.4 is 14.8 Å². The van der Waals surface area contributed by atoms with Crippen molar-refractivity contribution in [1.29, 1.82) is 0 Å². The van der Waals surface area contributed by atoms with Gasteiger partial charge in [0, 0.05) is 17.3 Å². The molecule has 2 N–H and O–H groups in total. The van der Waals surface area contributed by atoms with E-state index in [-0.39, 0.29) is 17.4 Å². The standard InChI is InChI=1S/C21H23N3O4S2/c1-3-15(2)18-6-4-5-7-19(18)28-14-20(25)23-16-8-10-17(11-9-16)30(26,27)24-21-22-12-13-29-21/h4-13,15H,3,14H2,1-2H3,(H,22,24)(H,23,25). The van der Waals surface area contributed by atoms with Crippen LogP contribution in [0.15, 0.2) is 65.0 Å². The van der Waals surface area contributed by atoms with Crippen molar-refractivity contribution in [2.45, 2.75) is 31.1 Å².